The minimum atomic E-state index is 0.106. The first-order chi connectivity index (χ1) is 6.81. The second kappa shape index (κ2) is 10.4. The highest BCUT2D eigenvalue weighted by atomic mass is 16.6. The maximum absolute atomic E-state index is 9.27. The van der Waals surface area contributed by atoms with Crippen LogP contribution in [-0.4, -0.2) is 11.7 Å². The van der Waals surface area contributed by atoms with E-state index in [2.05, 4.69) is 13.8 Å². The molecule has 0 atom stereocenters. The number of aliphatic hydroxyl groups excluding tert-OH is 1. The van der Waals surface area contributed by atoms with Gasteiger partial charge in [-0.05, 0) is 25.3 Å². The molecule has 2 nitrogen and oxygen atoms in total. The molecule has 0 bridgehead atoms. The molecule has 14 heavy (non-hydrogen) atoms. The third kappa shape index (κ3) is 9.43. The van der Waals surface area contributed by atoms with Crippen molar-refractivity contribution < 1.29 is 9.84 Å². The molecule has 0 aliphatic carbocycles. The first-order valence-corrected chi connectivity index (χ1v) is 5.83. The van der Waals surface area contributed by atoms with Gasteiger partial charge in [-0.1, -0.05) is 39.5 Å². The Hall–Kier alpha value is -0.660. The zero-order valence-electron chi connectivity index (χ0n) is 9.59. The first kappa shape index (κ1) is 13.3. The minimum absolute atomic E-state index is 0.106. The zero-order valence-corrected chi connectivity index (χ0v) is 9.59. The highest BCUT2D eigenvalue weighted by Crippen LogP contribution is 2.05. The van der Waals surface area contributed by atoms with Crippen LogP contribution in [0.15, 0.2) is 12.0 Å². The fourth-order valence-corrected chi connectivity index (χ4v) is 1.18. The van der Waals surface area contributed by atoms with Crippen LogP contribution in [0.3, 0.4) is 0 Å². The lowest BCUT2D eigenvalue weighted by molar-refractivity contribution is 0.0900. The molecule has 0 rings (SSSR count). The molecule has 0 aliphatic rings. The number of unbranched alkanes of at least 4 members (excludes halogenated alkanes) is 5. The van der Waals surface area contributed by atoms with Crippen molar-refractivity contribution in [1.82, 2.24) is 0 Å². The SMILES string of the molecule is CCCCCCC=C(O)OCCCC. The van der Waals surface area contributed by atoms with E-state index in [1.54, 1.807) is 6.08 Å². The van der Waals surface area contributed by atoms with Crippen molar-refractivity contribution in [1.29, 1.82) is 0 Å². The topological polar surface area (TPSA) is 29.5 Å². The number of aliphatic hydroxyl groups is 1. The van der Waals surface area contributed by atoms with E-state index >= 15 is 0 Å². The van der Waals surface area contributed by atoms with Crippen molar-refractivity contribution in [2.75, 3.05) is 6.61 Å². The third-order valence-corrected chi connectivity index (χ3v) is 2.12. The van der Waals surface area contributed by atoms with Crippen molar-refractivity contribution in [3.05, 3.63) is 12.0 Å². The van der Waals surface area contributed by atoms with Crippen LogP contribution in [-0.2, 0) is 4.74 Å². The van der Waals surface area contributed by atoms with E-state index in [-0.39, 0.29) is 5.95 Å². The molecule has 0 aromatic rings. The average molecular weight is 200 g/mol. The fourth-order valence-electron chi connectivity index (χ4n) is 1.18. The molecule has 0 saturated carbocycles. The lowest BCUT2D eigenvalue weighted by atomic mass is 10.1. The highest BCUT2D eigenvalue weighted by molar-refractivity contribution is 4.81. The monoisotopic (exact) mass is 200 g/mol. The standard InChI is InChI=1S/C12H24O2/c1-3-5-7-8-9-10-12(13)14-11-6-4-2/h10,13H,3-9,11H2,1-2H3. The predicted molar refractivity (Wildman–Crippen MR) is 60.3 cm³/mol. The molecule has 0 unspecified atom stereocenters. The molecule has 0 saturated heterocycles. The molecule has 0 aromatic carbocycles. The molecule has 0 aromatic heterocycles. The molecule has 0 aliphatic heterocycles. The summed E-state index contributed by atoms with van der Waals surface area (Å²) in [6.07, 6.45) is 9.75. The molecule has 0 spiro atoms. The number of hydrogen-bond donors (Lipinski definition) is 1. The first-order valence-electron chi connectivity index (χ1n) is 5.83. The molecule has 0 amide bonds. The number of rotatable bonds is 9. The predicted octanol–water partition coefficient (Wildman–Crippen LogP) is 4.17. The van der Waals surface area contributed by atoms with Crippen molar-refractivity contribution in [3.8, 4) is 0 Å². The zero-order chi connectivity index (χ0) is 10.6. The molecule has 0 heterocycles. The van der Waals surface area contributed by atoms with Crippen molar-refractivity contribution >= 4 is 0 Å². The Morgan fingerprint density at radius 3 is 2.43 bits per heavy atom. The van der Waals surface area contributed by atoms with E-state index in [0.29, 0.717) is 6.61 Å². The molecule has 84 valence electrons. The Labute approximate surface area is 88.0 Å². The van der Waals surface area contributed by atoms with Crippen LogP contribution in [0, 0.1) is 0 Å². The van der Waals surface area contributed by atoms with Gasteiger partial charge in [-0.15, -0.1) is 0 Å². The van der Waals surface area contributed by atoms with Gasteiger partial charge in [0.05, 0.1) is 6.61 Å². The van der Waals surface area contributed by atoms with Gasteiger partial charge >= 0.3 is 0 Å². The van der Waals surface area contributed by atoms with Crippen LogP contribution in [0.4, 0.5) is 0 Å². The Bertz CT molecular complexity index is 141. The van der Waals surface area contributed by atoms with E-state index in [4.69, 9.17) is 4.74 Å². The van der Waals surface area contributed by atoms with Crippen molar-refractivity contribution in [3.63, 3.8) is 0 Å². The lowest BCUT2D eigenvalue weighted by Gasteiger charge is -2.03. The summed E-state index contributed by atoms with van der Waals surface area (Å²) in [5.41, 5.74) is 0. The Balaban J connectivity index is 3.27. The van der Waals surface area contributed by atoms with Gasteiger partial charge in [-0.3, -0.25) is 0 Å². The molecule has 2 heteroatoms. The summed E-state index contributed by atoms with van der Waals surface area (Å²) in [6, 6.07) is 0. The maximum Gasteiger partial charge on any atom is 0.272 e. The van der Waals surface area contributed by atoms with Gasteiger partial charge in [-0.25, -0.2) is 0 Å². The van der Waals surface area contributed by atoms with E-state index in [1.807, 2.05) is 0 Å². The summed E-state index contributed by atoms with van der Waals surface area (Å²) in [7, 11) is 0. The van der Waals surface area contributed by atoms with Crippen molar-refractivity contribution in [2.45, 2.75) is 58.8 Å². The van der Waals surface area contributed by atoms with E-state index < -0.39 is 0 Å². The number of hydrogen-bond acceptors (Lipinski definition) is 2. The van der Waals surface area contributed by atoms with Gasteiger partial charge in [0.2, 0.25) is 0 Å². The Morgan fingerprint density at radius 1 is 1.07 bits per heavy atom. The normalized spacial score (nSPS) is 11.7. The largest absolute Gasteiger partial charge is 0.481 e. The van der Waals surface area contributed by atoms with Gasteiger partial charge in [-0.2, -0.15) is 0 Å². The summed E-state index contributed by atoms with van der Waals surface area (Å²) >= 11 is 0. The average Bonchev–Trinajstić information content (AvgIpc) is 2.18. The van der Waals surface area contributed by atoms with Gasteiger partial charge in [0.15, 0.2) is 0 Å². The quantitative estimate of drug-likeness (QED) is 0.447. The second-order valence-corrected chi connectivity index (χ2v) is 3.59. The van der Waals surface area contributed by atoms with Crippen LogP contribution < -0.4 is 0 Å². The van der Waals surface area contributed by atoms with Crippen LogP contribution in [0.25, 0.3) is 0 Å². The Kier molecular flexibility index (Phi) is 9.93. The van der Waals surface area contributed by atoms with E-state index in [0.717, 1.165) is 25.7 Å². The van der Waals surface area contributed by atoms with Crippen molar-refractivity contribution in [2.24, 2.45) is 0 Å². The van der Waals surface area contributed by atoms with Crippen LogP contribution >= 0.6 is 0 Å². The Morgan fingerprint density at radius 2 is 1.79 bits per heavy atom. The summed E-state index contributed by atoms with van der Waals surface area (Å²) in [4.78, 5) is 0. The molecule has 0 fully saturated rings. The van der Waals surface area contributed by atoms with E-state index in [1.165, 1.54) is 19.3 Å². The fraction of sp³-hybridized carbons (Fsp3) is 0.833. The third-order valence-electron chi connectivity index (χ3n) is 2.12. The maximum atomic E-state index is 9.27. The molecule has 0 radical (unpaired) electrons. The van der Waals surface area contributed by atoms with Crippen LogP contribution in [0.2, 0.25) is 0 Å². The van der Waals surface area contributed by atoms with Gasteiger partial charge in [0.25, 0.3) is 5.95 Å². The smallest absolute Gasteiger partial charge is 0.272 e. The minimum Gasteiger partial charge on any atom is -0.481 e. The molecular formula is C12H24O2. The van der Waals surface area contributed by atoms with E-state index in [9.17, 15) is 5.11 Å². The number of ether oxygens (including phenoxy) is 1. The summed E-state index contributed by atoms with van der Waals surface area (Å²) in [6.45, 7) is 4.93. The van der Waals surface area contributed by atoms with Crippen LogP contribution in [0.1, 0.15) is 58.8 Å². The van der Waals surface area contributed by atoms with Gasteiger partial charge < -0.3 is 9.84 Å². The van der Waals surface area contributed by atoms with Gasteiger partial charge in [0.1, 0.15) is 0 Å². The summed E-state index contributed by atoms with van der Waals surface area (Å²) in [5, 5.41) is 9.27. The van der Waals surface area contributed by atoms with Crippen LogP contribution in [0.5, 0.6) is 0 Å². The highest BCUT2D eigenvalue weighted by Gasteiger charge is 1.92. The number of allylic oxidation sites excluding steroid dienone is 1. The molecule has 1 N–H and O–H groups in total. The second-order valence-electron chi connectivity index (χ2n) is 3.59. The summed E-state index contributed by atoms with van der Waals surface area (Å²) in [5.74, 6) is 0.106. The van der Waals surface area contributed by atoms with Gasteiger partial charge in [0, 0.05) is 0 Å². The lowest BCUT2D eigenvalue weighted by Crippen LogP contribution is -1.93. The molecular weight excluding hydrogens is 176 g/mol. The summed E-state index contributed by atoms with van der Waals surface area (Å²) < 4.78 is 5.11.